The predicted molar refractivity (Wildman–Crippen MR) is 138 cm³/mol. The van der Waals surface area contributed by atoms with Crippen LogP contribution in [-0.2, 0) is 20.7 Å². The molecule has 0 aromatic heterocycles. The monoisotopic (exact) mass is 473 g/mol. The van der Waals surface area contributed by atoms with Crippen LogP contribution in [0.15, 0.2) is 84.9 Å². The van der Waals surface area contributed by atoms with Gasteiger partial charge in [-0.1, -0.05) is 78.9 Å². The summed E-state index contributed by atoms with van der Waals surface area (Å²) in [5, 5.41) is 11.0. The van der Waals surface area contributed by atoms with E-state index in [1.165, 1.54) is 6.92 Å². The molecular weight excluding hydrogens is 438 g/mol. The number of hydrogen-bond donors (Lipinski definition) is 1. The van der Waals surface area contributed by atoms with E-state index in [9.17, 15) is 9.90 Å². The van der Waals surface area contributed by atoms with Gasteiger partial charge >= 0.3 is 5.97 Å². The fourth-order valence-electron chi connectivity index (χ4n) is 4.85. The van der Waals surface area contributed by atoms with Crippen molar-refractivity contribution < 1.29 is 19.4 Å². The van der Waals surface area contributed by atoms with Crippen LogP contribution in [0.5, 0.6) is 0 Å². The number of piperidine rings is 1. The third-order valence-electron chi connectivity index (χ3n) is 6.71. The second-order valence-electron chi connectivity index (χ2n) is 9.14. The van der Waals surface area contributed by atoms with Crippen LogP contribution in [0.1, 0.15) is 42.6 Å². The zero-order valence-corrected chi connectivity index (χ0v) is 20.4. The summed E-state index contributed by atoms with van der Waals surface area (Å²) >= 11 is 0. The maximum absolute atomic E-state index is 11.1. The molecular formula is C30H35NO4. The highest BCUT2D eigenvalue weighted by molar-refractivity contribution is 5.66. The molecule has 4 rings (SSSR count). The van der Waals surface area contributed by atoms with Crippen LogP contribution in [0.2, 0.25) is 0 Å². The number of aliphatic hydroxyl groups excluding tert-OH is 1. The largest absolute Gasteiger partial charge is 0.466 e. The Morgan fingerprint density at radius 1 is 0.943 bits per heavy atom. The Balaban J connectivity index is 1.33. The number of para-hydroxylation sites is 1. The number of ether oxygens (including phenoxy) is 2. The van der Waals surface area contributed by atoms with Gasteiger partial charge < -0.3 is 19.5 Å². The van der Waals surface area contributed by atoms with Crippen LogP contribution in [-0.4, -0.2) is 43.5 Å². The van der Waals surface area contributed by atoms with Gasteiger partial charge in [0, 0.05) is 38.7 Å². The van der Waals surface area contributed by atoms with Gasteiger partial charge in [0.25, 0.3) is 0 Å². The van der Waals surface area contributed by atoms with Crippen LogP contribution >= 0.6 is 0 Å². The maximum atomic E-state index is 11.1. The lowest BCUT2D eigenvalue weighted by atomic mass is 9.90. The maximum Gasteiger partial charge on any atom is 0.302 e. The van der Waals surface area contributed by atoms with E-state index in [0.29, 0.717) is 26.2 Å². The van der Waals surface area contributed by atoms with Crippen molar-refractivity contribution in [1.29, 1.82) is 0 Å². The highest BCUT2D eigenvalue weighted by atomic mass is 16.5. The number of β-amino-alcohol motifs (C(OH)–C–C–N with tert-alkyl or cyclic N) is 1. The van der Waals surface area contributed by atoms with Gasteiger partial charge in [0.15, 0.2) is 0 Å². The molecule has 0 radical (unpaired) electrons. The molecule has 1 saturated heterocycles. The lowest BCUT2D eigenvalue weighted by Gasteiger charge is -2.38. The van der Waals surface area contributed by atoms with E-state index in [2.05, 4.69) is 41.3 Å². The smallest absolute Gasteiger partial charge is 0.302 e. The molecule has 3 aromatic rings. The van der Waals surface area contributed by atoms with E-state index in [1.807, 2.05) is 48.5 Å². The van der Waals surface area contributed by atoms with Crippen LogP contribution in [0.3, 0.4) is 0 Å². The van der Waals surface area contributed by atoms with Crippen molar-refractivity contribution in [3.8, 4) is 0 Å². The Bertz CT molecular complexity index is 1020. The van der Waals surface area contributed by atoms with Gasteiger partial charge in [-0.2, -0.15) is 0 Å². The van der Waals surface area contributed by atoms with Gasteiger partial charge in [-0.15, -0.1) is 0 Å². The van der Waals surface area contributed by atoms with E-state index >= 15 is 0 Å². The van der Waals surface area contributed by atoms with Gasteiger partial charge in [-0.05, 0) is 41.5 Å². The summed E-state index contributed by atoms with van der Waals surface area (Å²) in [6, 6.07) is 28.8. The second-order valence-corrected chi connectivity index (χ2v) is 9.14. The summed E-state index contributed by atoms with van der Waals surface area (Å²) < 4.78 is 11.5. The Morgan fingerprint density at radius 3 is 2.20 bits per heavy atom. The number of benzene rings is 3. The fraction of sp³-hybridized carbons (Fsp3) is 0.367. The summed E-state index contributed by atoms with van der Waals surface area (Å²) in [6.45, 7) is 3.86. The molecule has 3 aromatic carbocycles. The first-order valence-electron chi connectivity index (χ1n) is 12.5. The molecule has 1 heterocycles. The van der Waals surface area contributed by atoms with E-state index in [-0.39, 0.29) is 18.0 Å². The summed E-state index contributed by atoms with van der Waals surface area (Å²) in [4.78, 5) is 13.4. The molecule has 35 heavy (non-hydrogen) atoms. The summed E-state index contributed by atoms with van der Waals surface area (Å²) in [7, 11) is 0. The fourth-order valence-corrected chi connectivity index (χ4v) is 4.85. The topological polar surface area (TPSA) is 59.0 Å². The number of carbonyl (C=O) groups is 1. The number of hydrogen-bond acceptors (Lipinski definition) is 5. The third kappa shape index (κ3) is 6.93. The Morgan fingerprint density at radius 2 is 1.57 bits per heavy atom. The normalized spacial score (nSPS) is 18.0. The molecule has 0 amide bonds. The molecule has 1 aliphatic rings. The SMILES string of the molecule is CC(=O)OCCc1ccccc1N1CC[C@@H](CCOC(c2ccccc2)c2ccccc2)[C@H](O)C1. The molecule has 0 unspecified atom stereocenters. The molecule has 1 aliphatic heterocycles. The van der Waals surface area contributed by atoms with Crippen molar-refractivity contribution in [3.63, 3.8) is 0 Å². The average Bonchev–Trinajstić information content (AvgIpc) is 2.88. The first-order chi connectivity index (χ1) is 17.1. The van der Waals surface area contributed by atoms with Crippen molar-refractivity contribution in [2.75, 3.05) is 31.2 Å². The number of rotatable bonds is 10. The number of anilines is 1. The minimum Gasteiger partial charge on any atom is -0.466 e. The molecule has 0 spiro atoms. The summed E-state index contributed by atoms with van der Waals surface area (Å²) in [6.07, 6.45) is 1.86. The highest BCUT2D eigenvalue weighted by Crippen LogP contribution is 2.30. The van der Waals surface area contributed by atoms with Gasteiger partial charge in [0.1, 0.15) is 6.10 Å². The van der Waals surface area contributed by atoms with Crippen molar-refractivity contribution in [2.24, 2.45) is 5.92 Å². The number of nitrogens with zero attached hydrogens (tertiary/aromatic N) is 1. The number of esters is 1. The van der Waals surface area contributed by atoms with Gasteiger partial charge in [-0.25, -0.2) is 0 Å². The van der Waals surface area contributed by atoms with Gasteiger partial charge in [0.05, 0.1) is 12.7 Å². The number of carbonyl (C=O) groups excluding carboxylic acids is 1. The van der Waals surface area contributed by atoms with Crippen molar-refractivity contribution in [1.82, 2.24) is 0 Å². The molecule has 0 bridgehead atoms. The predicted octanol–water partition coefficient (Wildman–Crippen LogP) is 5.18. The first-order valence-corrected chi connectivity index (χ1v) is 12.5. The minimum absolute atomic E-state index is 0.112. The van der Waals surface area contributed by atoms with E-state index < -0.39 is 6.10 Å². The standard InChI is InChI=1S/C30H35NO4/c1-23(32)34-20-17-24-10-8-9-15-28(24)31-19-16-25(29(33)22-31)18-21-35-30(26-11-4-2-5-12-26)27-13-6-3-7-14-27/h2-15,25,29-30,33H,16-22H2,1H3/t25-,29+/m0/s1. The van der Waals surface area contributed by atoms with Crippen molar-refractivity contribution >= 4 is 11.7 Å². The lowest BCUT2D eigenvalue weighted by molar-refractivity contribution is -0.140. The first kappa shape index (κ1) is 25.0. The molecule has 5 heteroatoms. The average molecular weight is 474 g/mol. The summed E-state index contributed by atoms with van der Waals surface area (Å²) in [5.41, 5.74) is 4.52. The van der Waals surface area contributed by atoms with Crippen LogP contribution < -0.4 is 4.90 Å². The Kier molecular flexibility index (Phi) is 8.93. The number of aliphatic hydroxyl groups is 1. The van der Waals surface area contributed by atoms with Crippen LogP contribution in [0.25, 0.3) is 0 Å². The molecule has 0 aliphatic carbocycles. The quantitative estimate of drug-likeness (QED) is 0.412. The van der Waals surface area contributed by atoms with Gasteiger partial charge in [0.2, 0.25) is 0 Å². The minimum atomic E-state index is -0.416. The molecule has 5 nitrogen and oxygen atoms in total. The van der Waals surface area contributed by atoms with Crippen molar-refractivity contribution in [3.05, 3.63) is 102 Å². The Hall–Kier alpha value is -3.15. The van der Waals surface area contributed by atoms with E-state index in [4.69, 9.17) is 9.47 Å². The second kappa shape index (κ2) is 12.5. The third-order valence-corrected chi connectivity index (χ3v) is 6.71. The van der Waals surface area contributed by atoms with Gasteiger partial charge in [-0.3, -0.25) is 4.79 Å². The van der Waals surface area contributed by atoms with E-state index in [0.717, 1.165) is 41.8 Å². The van der Waals surface area contributed by atoms with Crippen molar-refractivity contribution in [2.45, 2.75) is 38.4 Å². The van der Waals surface area contributed by atoms with Crippen LogP contribution in [0.4, 0.5) is 5.69 Å². The Labute approximate surface area is 208 Å². The highest BCUT2D eigenvalue weighted by Gasteiger charge is 2.29. The molecule has 184 valence electrons. The molecule has 1 N–H and O–H groups in total. The van der Waals surface area contributed by atoms with E-state index in [1.54, 1.807) is 0 Å². The lowest BCUT2D eigenvalue weighted by Crippen LogP contribution is -2.44. The molecule has 1 fully saturated rings. The summed E-state index contributed by atoms with van der Waals surface area (Å²) in [5.74, 6) is -0.0608. The zero-order valence-electron chi connectivity index (χ0n) is 20.4. The molecule has 2 atom stereocenters. The molecule has 0 saturated carbocycles. The van der Waals surface area contributed by atoms with Crippen LogP contribution in [0, 0.1) is 5.92 Å². The zero-order chi connectivity index (χ0) is 24.5.